The van der Waals surface area contributed by atoms with E-state index in [0.29, 0.717) is 38.6 Å². The van der Waals surface area contributed by atoms with Crippen LogP contribution in [0, 0.1) is 11.3 Å². The van der Waals surface area contributed by atoms with Crippen LogP contribution in [0.5, 0.6) is 0 Å². The Labute approximate surface area is 165 Å². The van der Waals surface area contributed by atoms with Crippen molar-refractivity contribution in [2.75, 3.05) is 39.4 Å². The first-order chi connectivity index (χ1) is 13.7. The molecule has 1 unspecified atom stereocenters. The number of hydrogen-bond donors (Lipinski definition) is 0. The van der Waals surface area contributed by atoms with Crippen LogP contribution in [0.4, 0.5) is 0 Å². The molecule has 1 spiro atoms. The lowest BCUT2D eigenvalue weighted by Crippen LogP contribution is -2.41. The highest BCUT2D eigenvalue weighted by atomic mass is 16.5. The van der Waals surface area contributed by atoms with E-state index in [2.05, 4.69) is 15.5 Å². The third-order valence-electron chi connectivity index (χ3n) is 6.77. The zero-order chi connectivity index (χ0) is 19.4. The first-order valence-corrected chi connectivity index (χ1v) is 10.5. The first kappa shape index (κ1) is 19.3. The van der Waals surface area contributed by atoms with E-state index in [1.54, 1.807) is 0 Å². The van der Waals surface area contributed by atoms with Gasteiger partial charge in [0.15, 0.2) is 0 Å². The molecule has 9 nitrogen and oxygen atoms in total. The summed E-state index contributed by atoms with van der Waals surface area (Å²) in [5.74, 6) is 0.697. The summed E-state index contributed by atoms with van der Waals surface area (Å²) in [6, 6.07) is 0. The summed E-state index contributed by atoms with van der Waals surface area (Å²) in [5.41, 5.74) is 0.180. The van der Waals surface area contributed by atoms with Gasteiger partial charge in [-0.2, -0.15) is 0 Å². The number of carbonyl (C=O) groups is 2. The van der Waals surface area contributed by atoms with Crippen LogP contribution >= 0.6 is 0 Å². The average molecular weight is 390 g/mol. The predicted molar refractivity (Wildman–Crippen MR) is 100 cm³/mol. The number of ether oxygens (including phenoxy) is 1. The molecule has 2 aliphatic heterocycles. The van der Waals surface area contributed by atoms with Gasteiger partial charge in [-0.15, -0.1) is 5.10 Å². The highest BCUT2D eigenvalue weighted by molar-refractivity contribution is 5.77. The second-order valence-corrected chi connectivity index (χ2v) is 8.43. The highest BCUT2D eigenvalue weighted by Crippen LogP contribution is 2.49. The van der Waals surface area contributed by atoms with Gasteiger partial charge in [0.2, 0.25) is 11.8 Å². The summed E-state index contributed by atoms with van der Waals surface area (Å²) in [4.78, 5) is 29.3. The van der Waals surface area contributed by atoms with Gasteiger partial charge in [0, 0.05) is 32.6 Å². The van der Waals surface area contributed by atoms with Crippen LogP contribution in [-0.2, 0) is 20.9 Å². The van der Waals surface area contributed by atoms with Gasteiger partial charge in [-0.25, -0.2) is 4.68 Å². The maximum Gasteiger partial charge on any atom is 0.244 e. The van der Waals surface area contributed by atoms with Crippen LogP contribution in [0.3, 0.4) is 0 Å². The van der Waals surface area contributed by atoms with Gasteiger partial charge < -0.3 is 14.5 Å². The van der Waals surface area contributed by atoms with Crippen LogP contribution in [0.15, 0.2) is 6.33 Å². The molecule has 154 valence electrons. The van der Waals surface area contributed by atoms with Crippen LogP contribution < -0.4 is 0 Å². The minimum absolute atomic E-state index is 0.0688. The lowest BCUT2D eigenvalue weighted by Gasteiger charge is -2.38. The number of rotatable bonds is 5. The van der Waals surface area contributed by atoms with E-state index in [-0.39, 0.29) is 23.8 Å². The first-order valence-electron chi connectivity index (χ1n) is 10.5. The molecule has 2 saturated heterocycles. The lowest BCUT2D eigenvalue weighted by atomic mass is 9.66. The molecule has 4 rings (SSSR count). The minimum atomic E-state index is 0.0688. The largest absolute Gasteiger partial charge is 0.378 e. The summed E-state index contributed by atoms with van der Waals surface area (Å²) < 4.78 is 6.82. The Morgan fingerprint density at radius 3 is 2.57 bits per heavy atom. The zero-order valence-corrected chi connectivity index (χ0v) is 16.5. The molecule has 1 aliphatic carbocycles. The number of carbonyl (C=O) groups excluding carboxylic acids is 2. The molecule has 1 aromatic heterocycles. The van der Waals surface area contributed by atoms with Crippen molar-refractivity contribution < 1.29 is 14.3 Å². The third-order valence-corrected chi connectivity index (χ3v) is 6.77. The molecule has 3 fully saturated rings. The Balaban J connectivity index is 1.38. The SMILES string of the molecule is O=C(CCC1CN(C(=O)Cn2cnnn2)CC12CCCCC2)N1CCOCC1. The molecule has 2 amide bonds. The Morgan fingerprint density at radius 2 is 1.86 bits per heavy atom. The lowest BCUT2D eigenvalue weighted by molar-refractivity contribution is -0.135. The molecule has 3 aliphatic rings. The molecular weight excluding hydrogens is 360 g/mol. The molecule has 3 heterocycles. The molecule has 9 heteroatoms. The normalized spacial score (nSPS) is 24.6. The number of nitrogens with zero attached hydrogens (tertiary/aromatic N) is 6. The van der Waals surface area contributed by atoms with Crippen molar-refractivity contribution in [2.24, 2.45) is 11.3 Å². The number of likely N-dealkylation sites (tertiary alicyclic amines) is 1. The van der Waals surface area contributed by atoms with Crippen molar-refractivity contribution in [1.29, 1.82) is 0 Å². The topological polar surface area (TPSA) is 93.5 Å². The second-order valence-electron chi connectivity index (χ2n) is 8.43. The fraction of sp³-hybridized carbons (Fsp3) is 0.842. The van der Waals surface area contributed by atoms with Crippen LogP contribution in [0.25, 0.3) is 0 Å². The number of aromatic nitrogens is 4. The fourth-order valence-electron chi connectivity index (χ4n) is 5.20. The van der Waals surface area contributed by atoms with Gasteiger partial charge in [-0.3, -0.25) is 9.59 Å². The van der Waals surface area contributed by atoms with Crippen molar-refractivity contribution in [1.82, 2.24) is 30.0 Å². The quantitative estimate of drug-likeness (QED) is 0.735. The van der Waals surface area contributed by atoms with Gasteiger partial charge in [-0.1, -0.05) is 19.3 Å². The van der Waals surface area contributed by atoms with E-state index in [0.717, 1.165) is 32.4 Å². The third kappa shape index (κ3) is 4.19. The molecular formula is C19H30N6O3. The Kier molecular flexibility index (Phi) is 5.89. The van der Waals surface area contributed by atoms with Gasteiger partial charge in [0.05, 0.1) is 13.2 Å². The number of morpholine rings is 1. The van der Waals surface area contributed by atoms with E-state index in [9.17, 15) is 9.59 Å². The summed E-state index contributed by atoms with van der Waals surface area (Å²) in [6.45, 7) is 4.41. The van der Waals surface area contributed by atoms with Gasteiger partial charge in [-0.05, 0) is 41.0 Å². The van der Waals surface area contributed by atoms with E-state index in [1.807, 2.05) is 9.80 Å². The molecule has 1 atom stereocenters. The summed E-state index contributed by atoms with van der Waals surface area (Å²) in [6.07, 6.45) is 8.97. The Bertz CT molecular complexity index is 667. The number of hydrogen-bond acceptors (Lipinski definition) is 6. The average Bonchev–Trinajstić information content (AvgIpc) is 3.36. The van der Waals surface area contributed by atoms with Crippen LogP contribution in [0.2, 0.25) is 0 Å². The molecule has 0 bridgehead atoms. The van der Waals surface area contributed by atoms with Crippen LogP contribution in [-0.4, -0.2) is 81.2 Å². The number of tetrazole rings is 1. The molecule has 1 saturated carbocycles. The maximum absolute atomic E-state index is 12.8. The zero-order valence-electron chi connectivity index (χ0n) is 16.5. The van der Waals surface area contributed by atoms with Crippen molar-refractivity contribution in [3.05, 3.63) is 6.33 Å². The Morgan fingerprint density at radius 1 is 1.07 bits per heavy atom. The van der Waals surface area contributed by atoms with E-state index < -0.39 is 0 Å². The molecule has 0 radical (unpaired) electrons. The molecule has 0 aromatic carbocycles. The fourth-order valence-corrected chi connectivity index (χ4v) is 5.20. The van der Waals surface area contributed by atoms with Crippen molar-refractivity contribution in [2.45, 2.75) is 51.5 Å². The minimum Gasteiger partial charge on any atom is -0.378 e. The molecule has 1 aromatic rings. The van der Waals surface area contributed by atoms with Crippen molar-refractivity contribution in [3.8, 4) is 0 Å². The molecule has 28 heavy (non-hydrogen) atoms. The van der Waals surface area contributed by atoms with E-state index in [4.69, 9.17) is 4.74 Å². The van der Waals surface area contributed by atoms with Crippen molar-refractivity contribution in [3.63, 3.8) is 0 Å². The number of amides is 2. The van der Waals surface area contributed by atoms with E-state index >= 15 is 0 Å². The highest BCUT2D eigenvalue weighted by Gasteiger charge is 2.47. The van der Waals surface area contributed by atoms with Gasteiger partial charge in [0.25, 0.3) is 0 Å². The molecule has 0 N–H and O–H groups in total. The summed E-state index contributed by atoms with van der Waals surface area (Å²) in [5, 5.41) is 11.0. The predicted octanol–water partition coefficient (Wildman–Crippen LogP) is 0.721. The maximum atomic E-state index is 12.8. The standard InChI is InChI=1S/C19H30N6O3/c26-17(23-8-10-28-11-9-23)5-4-16-12-24(14-19(16)6-2-1-3-7-19)18(27)13-25-15-20-21-22-25/h15-16H,1-14H2. The Hall–Kier alpha value is -2.03. The van der Waals surface area contributed by atoms with Crippen molar-refractivity contribution >= 4 is 11.8 Å². The van der Waals surface area contributed by atoms with Crippen LogP contribution in [0.1, 0.15) is 44.9 Å². The second kappa shape index (κ2) is 8.55. The van der Waals surface area contributed by atoms with E-state index in [1.165, 1.54) is 30.3 Å². The summed E-state index contributed by atoms with van der Waals surface area (Å²) in [7, 11) is 0. The van der Waals surface area contributed by atoms with Gasteiger partial charge >= 0.3 is 0 Å². The van der Waals surface area contributed by atoms with Gasteiger partial charge in [0.1, 0.15) is 12.9 Å². The summed E-state index contributed by atoms with van der Waals surface area (Å²) >= 11 is 0. The monoisotopic (exact) mass is 390 g/mol. The smallest absolute Gasteiger partial charge is 0.244 e.